The lowest BCUT2D eigenvalue weighted by atomic mass is 9.89. The lowest BCUT2D eigenvalue weighted by molar-refractivity contribution is 0.132. The molecule has 152 valence electrons. The van der Waals surface area contributed by atoms with Crippen LogP contribution in [0.1, 0.15) is 42.9 Å². The van der Waals surface area contributed by atoms with Crippen LogP contribution in [-0.2, 0) is 0 Å². The Labute approximate surface area is 165 Å². The summed E-state index contributed by atoms with van der Waals surface area (Å²) in [5, 5.41) is 27.8. The first-order valence-corrected chi connectivity index (χ1v) is 9.21. The summed E-state index contributed by atoms with van der Waals surface area (Å²) in [7, 11) is 1.65. The minimum absolute atomic E-state index is 0.0363. The van der Waals surface area contributed by atoms with Crippen molar-refractivity contribution in [2.24, 2.45) is 5.73 Å². The van der Waals surface area contributed by atoms with Gasteiger partial charge in [0.1, 0.15) is 17.2 Å². The largest absolute Gasteiger partial charge is 0.508 e. The molecule has 1 amide bonds. The summed E-state index contributed by atoms with van der Waals surface area (Å²) in [6, 6.07) is 12.4. The Morgan fingerprint density at radius 2 is 1.86 bits per heavy atom. The second kappa shape index (κ2) is 9.85. The fourth-order valence-corrected chi connectivity index (χ4v) is 3.18. The first-order chi connectivity index (χ1) is 13.3. The van der Waals surface area contributed by atoms with E-state index < -0.39 is 6.09 Å². The summed E-state index contributed by atoms with van der Waals surface area (Å²) >= 11 is 0. The van der Waals surface area contributed by atoms with Crippen LogP contribution in [0.2, 0.25) is 0 Å². The Morgan fingerprint density at radius 3 is 2.39 bits per heavy atom. The Kier molecular flexibility index (Phi) is 7.52. The number of methoxy groups -OCH3 is 1. The molecule has 5 N–H and O–H groups in total. The van der Waals surface area contributed by atoms with E-state index in [1.165, 1.54) is 11.0 Å². The molecule has 0 radical (unpaired) electrons. The molecule has 7 heteroatoms. The monoisotopic (exact) mass is 388 g/mol. The lowest BCUT2D eigenvalue weighted by Crippen LogP contribution is -2.36. The standard InChI is InChI=1S/C12H15NO4.C9H13NO/c14-9-1-2-10(11(15)7-9)8-3-5-13(6-4-8)12(16)17;1-7(10)8-4-3-5-9(6-8)11-2/h1-2,7-8,14-15H,3-6H2,(H,16,17);3-7H,10H2,1-2H3/t;7-/m.0/s1. The maximum absolute atomic E-state index is 10.8. The number of carboxylic acid groups (broad SMARTS) is 1. The summed E-state index contributed by atoms with van der Waals surface area (Å²) in [4.78, 5) is 12.1. The predicted octanol–water partition coefficient (Wildman–Crippen LogP) is 3.67. The highest BCUT2D eigenvalue weighted by molar-refractivity contribution is 5.65. The van der Waals surface area contributed by atoms with Crippen molar-refractivity contribution in [3.8, 4) is 17.2 Å². The van der Waals surface area contributed by atoms with Gasteiger partial charge in [0, 0.05) is 25.2 Å². The van der Waals surface area contributed by atoms with E-state index in [0.29, 0.717) is 25.9 Å². The number of carbonyl (C=O) groups is 1. The number of benzene rings is 2. The molecule has 0 aliphatic carbocycles. The van der Waals surface area contributed by atoms with E-state index in [4.69, 9.17) is 15.6 Å². The minimum atomic E-state index is -0.890. The van der Waals surface area contributed by atoms with Crippen LogP contribution in [0.4, 0.5) is 4.79 Å². The van der Waals surface area contributed by atoms with Crippen LogP contribution < -0.4 is 10.5 Å². The smallest absolute Gasteiger partial charge is 0.407 e. The van der Waals surface area contributed by atoms with Crippen molar-refractivity contribution in [3.63, 3.8) is 0 Å². The van der Waals surface area contributed by atoms with Crippen LogP contribution in [0, 0.1) is 0 Å². The number of nitrogens with two attached hydrogens (primary N) is 1. The van der Waals surface area contributed by atoms with Gasteiger partial charge < -0.3 is 30.7 Å². The van der Waals surface area contributed by atoms with Crippen molar-refractivity contribution >= 4 is 6.09 Å². The second-order valence-electron chi connectivity index (χ2n) is 6.85. The van der Waals surface area contributed by atoms with Crippen molar-refractivity contribution < 1.29 is 24.9 Å². The van der Waals surface area contributed by atoms with Gasteiger partial charge in [-0.3, -0.25) is 0 Å². The first-order valence-electron chi connectivity index (χ1n) is 9.21. The fraction of sp³-hybridized carbons (Fsp3) is 0.381. The molecule has 0 spiro atoms. The van der Waals surface area contributed by atoms with E-state index in [1.54, 1.807) is 19.2 Å². The number of likely N-dealkylation sites (tertiary alicyclic amines) is 1. The van der Waals surface area contributed by atoms with E-state index in [9.17, 15) is 15.0 Å². The van der Waals surface area contributed by atoms with Gasteiger partial charge in [-0.1, -0.05) is 18.2 Å². The topological polar surface area (TPSA) is 116 Å². The summed E-state index contributed by atoms with van der Waals surface area (Å²) < 4.78 is 5.05. The van der Waals surface area contributed by atoms with E-state index in [1.807, 2.05) is 31.2 Å². The lowest BCUT2D eigenvalue weighted by Gasteiger charge is -2.30. The van der Waals surface area contributed by atoms with Gasteiger partial charge in [-0.2, -0.15) is 0 Å². The number of aromatic hydroxyl groups is 2. The van der Waals surface area contributed by atoms with Crippen molar-refractivity contribution in [1.29, 1.82) is 0 Å². The Bertz CT molecular complexity index is 786. The summed E-state index contributed by atoms with van der Waals surface area (Å²) in [6.45, 7) is 2.93. The number of hydrogen-bond acceptors (Lipinski definition) is 5. The number of piperidine rings is 1. The van der Waals surface area contributed by atoms with Crippen LogP contribution in [-0.4, -0.2) is 46.5 Å². The normalized spacial score (nSPS) is 15.3. The number of phenolic OH excluding ortho intramolecular Hbond substituents is 2. The molecule has 0 unspecified atom stereocenters. The molecule has 1 atom stereocenters. The van der Waals surface area contributed by atoms with E-state index in [2.05, 4.69) is 0 Å². The third-order valence-electron chi connectivity index (χ3n) is 4.84. The third-order valence-corrected chi connectivity index (χ3v) is 4.84. The van der Waals surface area contributed by atoms with E-state index in [-0.39, 0.29) is 23.5 Å². The third kappa shape index (κ3) is 5.79. The van der Waals surface area contributed by atoms with Crippen LogP contribution in [0.15, 0.2) is 42.5 Å². The number of phenols is 2. The average Bonchev–Trinajstić information content (AvgIpc) is 2.68. The number of hydrogen-bond donors (Lipinski definition) is 4. The van der Waals surface area contributed by atoms with Gasteiger partial charge in [0.05, 0.1) is 7.11 Å². The number of rotatable bonds is 3. The maximum Gasteiger partial charge on any atom is 0.407 e. The molecule has 1 aliphatic rings. The number of ether oxygens (including phenoxy) is 1. The quantitative estimate of drug-likeness (QED) is 0.637. The molecule has 0 aromatic heterocycles. The average molecular weight is 388 g/mol. The maximum atomic E-state index is 10.8. The van der Waals surface area contributed by atoms with Gasteiger partial charge in [0.25, 0.3) is 0 Å². The van der Waals surface area contributed by atoms with E-state index in [0.717, 1.165) is 16.9 Å². The van der Waals surface area contributed by atoms with Crippen molar-refractivity contribution in [1.82, 2.24) is 4.90 Å². The highest BCUT2D eigenvalue weighted by Crippen LogP contribution is 2.35. The Hall–Kier alpha value is -2.93. The van der Waals surface area contributed by atoms with E-state index >= 15 is 0 Å². The zero-order chi connectivity index (χ0) is 20.7. The molecule has 7 nitrogen and oxygen atoms in total. The molecule has 2 aromatic carbocycles. The van der Waals surface area contributed by atoms with Gasteiger partial charge in [0.2, 0.25) is 0 Å². The summed E-state index contributed by atoms with van der Waals surface area (Å²) in [5.74, 6) is 1.14. The zero-order valence-corrected chi connectivity index (χ0v) is 16.2. The number of nitrogens with zero attached hydrogens (tertiary/aromatic N) is 1. The molecule has 3 rings (SSSR count). The summed E-state index contributed by atoms with van der Waals surface area (Å²) in [5.41, 5.74) is 7.57. The molecular weight excluding hydrogens is 360 g/mol. The van der Waals surface area contributed by atoms with Crippen LogP contribution in [0.5, 0.6) is 17.2 Å². The van der Waals surface area contributed by atoms with Gasteiger partial charge in [-0.05, 0) is 55.0 Å². The van der Waals surface area contributed by atoms with Crippen molar-refractivity contribution in [3.05, 3.63) is 53.6 Å². The molecule has 0 bridgehead atoms. The van der Waals surface area contributed by atoms with Gasteiger partial charge in [-0.25, -0.2) is 4.79 Å². The predicted molar refractivity (Wildman–Crippen MR) is 107 cm³/mol. The zero-order valence-electron chi connectivity index (χ0n) is 16.2. The minimum Gasteiger partial charge on any atom is -0.508 e. The van der Waals surface area contributed by atoms with Crippen LogP contribution in [0.25, 0.3) is 0 Å². The van der Waals surface area contributed by atoms with Crippen molar-refractivity contribution in [2.75, 3.05) is 20.2 Å². The van der Waals surface area contributed by atoms with Gasteiger partial charge in [-0.15, -0.1) is 0 Å². The SMILES string of the molecule is COc1cccc([C@H](C)N)c1.O=C(O)N1CCC(c2ccc(O)cc2O)CC1. The van der Waals surface area contributed by atoms with Crippen LogP contribution >= 0.6 is 0 Å². The molecule has 28 heavy (non-hydrogen) atoms. The van der Waals surface area contributed by atoms with Crippen molar-refractivity contribution in [2.45, 2.75) is 31.7 Å². The molecule has 0 saturated carbocycles. The molecule has 1 saturated heterocycles. The highest BCUT2D eigenvalue weighted by Gasteiger charge is 2.24. The van der Waals surface area contributed by atoms with Gasteiger partial charge in [0.15, 0.2) is 0 Å². The first kappa shape index (κ1) is 21.4. The second-order valence-corrected chi connectivity index (χ2v) is 6.85. The summed E-state index contributed by atoms with van der Waals surface area (Å²) in [6.07, 6.45) is 0.508. The van der Waals surface area contributed by atoms with Crippen LogP contribution in [0.3, 0.4) is 0 Å². The highest BCUT2D eigenvalue weighted by atomic mass is 16.5. The fourth-order valence-electron chi connectivity index (χ4n) is 3.18. The van der Waals surface area contributed by atoms with Gasteiger partial charge >= 0.3 is 6.09 Å². The Balaban J connectivity index is 0.000000221. The Morgan fingerprint density at radius 1 is 1.18 bits per heavy atom. The molecule has 1 fully saturated rings. The molecule has 1 heterocycles. The number of amides is 1. The molecular formula is C21H28N2O5. The molecule has 1 aliphatic heterocycles. The molecule has 2 aromatic rings.